The van der Waals surface area contributed by atoms with Gasteiger partial charge in [-0.1, -0.05) is 13.8 Å². The van der Waals surface area contributed by atoms with Gasteiger partial charge in [-0.15, -0.1) is 11.6 Å². The highest BCUT2D eigenvalue weighted by atomic mass is 35.5. The second-order valence-electron chi connectivity index (χ2n) is 6.13. The lowest BCUT2D eigenvalue weighted by molar-refractivity contribution is 0.352. The first-order chi connectivity index (χ1) is 10.2. The SMILES string of the molecule is CC1CCC(n2c(CCCl)nc3ccc(C#N)cc32)C1C. The highest BCUT2D eigenvalue weighted by Gasteiger charge is 2.33. The van der Waals surface area contributed by atoms with Crippen LogP contribution in [0.4, 0.5) is 0 Å². The van der Waals surface area contributed by atoms with E-state index in [-0.39, 0.29) is 0 Å². The van der Waals surface area contributed by atoms with Gasteiger partial charge in [0.1, 0.15) is 5.82 Å². The minimum absolute atomic E-state index is 0.470. The lowest BCUT2D eigenvalue weighted by atomic mass is 9.97. The molecule has 110 valence electrons. The average Bonchev–Trinajstić information content (AvgIpc) is 3.00. The minimum atomic E-state index is 0.470. The molecule has 1 aliphatic rings. The van der Waals surface area contributed by atoms with Gasteiger partial charge < -0.3 is 4.57 Å². The summed E-state index contributed by atoms with van der Waals surface area (Å²) >= 11 is 5.96. The molecule has 21 heavy (non-hydrogen) atoms. The lowest BCUT2D eigenvalue weighted by Gasteiger charge is -2.22. The van der Waals surface area contributed by atoms with Crippen molar-refractivity contribution in [2.24, 2.45) is 11.8 Å². The lowest BCUT2D eigenvalue weighted by Crippen LogP contribution is -2.17. The van der Waals surface area contributed by atoms with E-state index >= 15 is 0 Å². The predicted octanol–water partition coefficient (Wildman–Crippen LogP) is 4.30. The molecule has 3 atom stereocenters. The van der Waals surface area contributed by atoms with E-state index in [9.17, 15) is 0 Å². The molecule has 0 saturated heterocycles. The zero-order valence-electron chi connectivity index (χ0n) is 12.5. The molecule has 1 aromatic carbocycles. The third-order valence-electron chi connectivity index (χ3n) is 4.96. The molecule has 0 bridgehead atoms. The molecule has 3 rings (SSSR count). The molecule has 3 nitrogen and oxygen atoms in total. The van der Waals surface area contributed by atoms with E-state index in [4.69, 9.17) is 21.8 Å². The average molecular weight is 302 g/mol. The van der Waals surface area contributed by atoms with Crippen LogP contribution in [0.25, 0.3) is 11.0 Å². The van der Waals surface area contributed by atoms with Crippen molar-refractivity contribution >= 4 is 22.6 Å². The summed E-state index contributed by atoms with van der Waals surface area (Å²) in [6, 6.07) is 8.46. The standard InChI is InChI=1S/C17H20ClN3/c1-11-3-6-15(12(11)2)21-16-9-13(10-19)4-5-14(16)20-17(21)7-8-18/h4-5,9,11-12,15H,3,6-8H2,1-2H3. The highest BCUT2D eigenvalue weighted by Crippen LogP contribution is 2.42. The van der Waals surface area contributed by atoms with E-state index in [1.54, 1.807) is 0 Å². The Morgan fingerprint density at radius 1 is 1.38 bits per heavy atom. The van der Waals surface area contributed by atoms with Crippen molar-refractivity contribution in [2.75, 3.05) is 5.88 Å². The van der Waals surface area contributed by atoms with Gasteiger partial charge >= 0.3 is 0 Å². The number of aromatic nitrogens is 2. The van der Waals surface area contributed by atoms with Gasteiger partial charge in [-0.05, 0) is 42.9 Å². The Kier molecular flexibility index (Phi) is 3.91. The first-order valence-corrected chi connectivity index (χ1v) is 8.16. The van der Waals surface area contributed by atoms with Crippen molar-refractivity contribution in [3.05, 3.63) is 29.6 Å². The quantitative estimate of drug-likeness (QED) is 0.793. The zero-order valence-corrected chi connectivity index (χ0v) is 13.3. The maximum Gasteiger partial charge on any atom is 0.111 e. The summed E-state index contributed by atoms with van der Waals surface area (Å²) in [5, 5.41) is 9.16. The highest BCUT2D eigenvalue weighted by molar-refractivity contribution is 6.17. The van der Waals surface area contributed by atoms with Crippen LogP contribution in [-0.4, -0.2) is 15.4 Å². The van der Waals surface area contributed by atoms with Gasteiger partial charge in [0.15, 0.2) is 0 Å². The molecule has 0 N–H and O–H groups in total. The van der Waals surface area contributed by atoms with Crippen molar-refractivity contribution in [1.82, 2.24) is 9.55 Å². The Morgan fingerprint density at radius 2 is 2.19 bits per heavy atom. The van der Waals surface area contributed by atoms with E-state index < -0.39 is 0 Å². The van der Waals surface area contributed by atoms with Gasteiger partial charge in [-0.3, -0.25) is 0 Å². The summed E-state index contributed by atoms with van der Waals surface area (Å²) in [5.74, 6) is 2.99. The van der Waals surface area contributed by atoms with Crippen LogP contribution >= 0.6 is 11.6 Å². The van der Waals surface area contributed by atoms with E-state index in [1.807, 2.05) is 18.2 Å². The van der Waals surface area contributed by atoms with Crippen LogP contribution in [0.5, 0.6) is 0 Å². The fourth-order valence-electron chi connectivity index (χ4n) is 3.55. The fourth-order valence-corrected chi connectivity index (χ4v) is 3.72. The first-order valence-electron chi connectivity index (χ1n) is 7.62. The van der Waals surface area contributed by atoms with Crippen molar-refractivity contribution < 1.29 is 0 Å². The Bertz CT molecular complexity index is 698. The molecule has 1 heterocycles. The van der Waals surface area contributed by atoms with E-state index in [0.29, 0.717) is 23.4 Å². The smallest absolute Gasteiger partial charge is 0.111 e. The van der Waals surface area contributed by atoms with Gasteiger partial charge in [-0.2, -0.15) is 5.26 Å². The predicted molar refractivity (Wildman–Crippen MR) is 85.5 cm³/mol. The van der Waals surface area contributed by atoms with E-state index in [2.05, 4.69) is 24.5 Å². The van der Waals surface area contributed by atoms with Crippen LogP contribution in [0.3, 0.4) is 0 Å². The van der Waals surface area contributed by atoms with E-state index in [0.717, 1.165) is 29.2 Å². The molecule has 1 fully saturated rings. The first kappa shape index (κ1) is 14.4. The Labute approximate surface area is 130 Å². The van der Waals surface area contributed by atoms with Crippen LogP contribution < -0.4 is 0 Å². The normalized spacial score (nSPS) is 25.3. The molecule has 3 unspecified atom stereocenters. The molecule has 2 aromatic rings. The van der Waals surface area contributed by atoms with Crippen molar-refractivity contribution in [3.8, 4) is 6.07 Å². The number of hydrogen-bond donors (Lipinski definition) is 0. The Hall–Kier alpha value is -1.53. The van der Waals surface area contributed by atoms with Gasteiger partial charge in [0.05, 0.1) is 22.7 Å². The number of alkyl halides is 1. The molecule has 1 aromatic heterocycles. The number of rotatable bonds is 3. The second-order valence-corrected chi connectivity index (χ2v) is 6.51. The van der Waals surface area contributed by atoms with Crippen LogP contribution in [0, 0.1) is 23.2 Å². The number of nitrogens with zero attached hydrogens (tertiary/aromatic N) is 3. The molecular formula is C17H20ClN3. The van der Waals surface area contributed by atoms with Crippen LogP contribution in [0.2, 0.25) is 0 Å². The number of benzene rings is 1. The minimum Gasteiger partial charge on any atom is -0.325 e. The number of imidazole rings is 1. The number of halogens is 1. The summed E-state index contributed by atoms with van der Waals surface area (Å²) in [5.41, 5.74) is 2.75. The van der Waals surface area contributed by atoms with Crippen molar-refractivity contribution in [1.29, 1.82) is 5.26 Å². The molecule has 0 aliphatic heterocycles. The third-order valence-corrected chi connectivity index (χ3v) is 5.15. The summed E-state index contributed by atoms with van der Waals surface area (Å²) in [7, 11) is 0. The molecule has 0 spiro atoms. The maximum atomic E-state index is 9.16. The number of aryl methyl sites for hydroxylation is 1. The number of hydrogen-bond acceptors (Lipinski definition) is 2. The van der Waals surface area contributed by atoms with Gasteiger partial charge in [0, 0.05) is 18.3 Å². The number of fused-ring (bicyclic) bond motifs is 1. The number of nitriles is 1. The maximum absolute atomic E-state index is 9.16. The molecule has 0 radical (unpaired) electrons. The van der Waals surface area contributed by atoms with Crippen LogP contribution in [-0.2, 0) is 6.42 Å². The van der Waals surface area contributed by atoms with Crippen LogP contribution in [0.1, 0.15) is 44.1 Å². The van der Waals surface area contributed by atoms with E-state index in [1.165, 1.54) is 12.8 Å². The molecule has 0 amide bonds. The van der Waals surface area contributed by atoms with Gasteiger partial charge in [-0.25, -0.2) is 4.98 Å². The fraction of sp³-hybridized carbons (Fsp3) is 0.529. The summed E-state index contributed by atoms with van der Waals surface area (Å²) in [6.45, 7) is 4.65. The monoisotopic (exact) mass is 301 g/mol. The van der Waals surface area contributed by atoms with Crippen LogP contribution in [0.15, 0.2) is 18.2 Å². The Morgan fingerprint density at radius 3 is 2.81 bits per heavy atom. The third kappa shape index (κ3) is 2.42. The van der Waals surface area contributed by atoms with Crippen molar-refractivity contribution in [2.45, 2.75) is 39.2 Å². The summed E-state index contributed by atoms with van der Waals surface area (Å²) in [6.07, 6.45) is 3.21. The zero-order chi connectivity index (χ0) is 15.0. The summed E-state index contributed by atoms with van der Waals surface area (Å²) in [4.78, 5) is 4.75. The topological polar surface area (TPSA) is 41.6 Å². The van der Waals surface area contributed by atoms with Crippen molar-refractivity contribution in [3.63, 3.8) is 0 Å². The molecule has 1 aliphatic carbocycles. The second kappa shape index (κ2) is 5.69. The largest absolute Gasteiger partial charge is 0.325 e. The Balaban J connectivity index is 2.17. The molecular weight excluding hydrogens is 282 g/mol. The van der Waals surface area contributed by atoms with Gasteiger partial charge in [0.2, 0.25) is 0 Å². The van der Waals surface area contributed by atoms with Gasteiger partial charge in [0.25, 0.3) is 0 Å². The molecule has 4 heteroatoms. The summed E-state index contributed by atoms with van der Waals surface area (Å²) < 4.78 is 2.35. The molecule has 1 saturated carbocycles.